The van der Waals surface area contributed by atoms with Crippen molar-refractivity contribution in [1.29, 1.82) is 0 Å². The van der Waals surface area contributed by atoms with Gasteiger partial charge in [0.2, 0.25) is 0 Å². The van der Waals surface area contributed by atoms with Crippen molar-refractivity contribution in [2.24, 2.45) is 5.41 Å². The van der Waals surface area contributed by atoms with Gasteiger partial charge in [0.15, 0.2) is 5.78 Å². The number of para-hydroxylation sites is 2. The van der Waals surface area contributed by atoms with Crippen molar-refractivity contribution in [1.82, 2.24) is 0 Å². The Kier molecular flexibility index (Phi) is 6.54. The molecule has 1 heterocycles. The van der Waals surface area contributed by atoms with Crippen LogP contribution in [0.4, 0.5) is 11.4 Å². The van der Waals surface area contributed by atoms with E-state index in [1.54, 1.807) is 12.1 Å². The molecule has 5 nitrogen and oxygen atoms in total. The number of likely N-dealkylation sites (N-methyl/N-ethyl adjacent to an activating group) is 1. The minimum atomic E-state index is -0.350. The number of carbonyl (C=O) groups excluding carboxylic acids is 2. The topological polar surface area (TPSA) is 58.6 Å². The number of hydrogen-bond acceptors (Lipinski definition) is 5. The zero-order valence-electron chi connectivity index (χ0n) is 19.3. The van der Waals surface area contributed by atoms with Gasteiger partial charge < -0.3 is 15.0 Å². The maximum Gasteiger partial charge on any atom is 0.308 e. The second-order valence-electron chi connectivity index (χ2n) is 8.65. The van der Waals surface area contributed by atoms with Gasteiger partial charge in [-0.1, -0.05) is 52.0 Å². The van der Waals surface area contributed by atoms with Crippen molar-refractivity contribution in [2.75, 3.05) is 17.3 Å². The molecule has 0 saturated heterocycles. The average molecular weight is 421 g/mol. The predicted molar refractivity (Wildman–Crippen MR) is 125 cm³/mol. The molecule has 2 aromatic rings. The molecule has 1 atom stereocenters. The first-order valence-electron chi connectivity index (χ1n) is 10.9. The summed E-state index contributed by atoms with van der Waals surface area (Å²) in [5, 5.41) is 3.56. The number of carbonyl (C=O) groups is 2. The molecular weight excluding hydrogens is 388 g/mol. The fraction of sp³-hybridized carbons (Fsp3) is 0.385. The molecule has 164 valence electrons. The molecule has 4 rings (SSSR count). The van der Waals surface area contributed by atoms with Crippen LogP contribution in [-0.2, 0) is 9.59 Å². The Labute approximate surface area is 185 Å². The molecule has 31 heavy (non-hydrogen) atoms. The summed E-state index contributed by atoms with van der Waals surface area (Å²) in [6.07, 6.45) is 1.35. The summed E-state index contributed by atoms with van der Waals surface area (Å²) in [4.78, 5) is 26.7. The first-order chi connectivity index (χ1) is 14.7. The zero-order chi connectivity index (χ0) is 22.8. The van der Waals surface area contributed by atoms with Crippen LogP contribution < -0.4 is 15.0 Å². The van der Waals surface area contributed by atoms with Gasteiger partial charge in [-0.05, 0) is 41.7 Å². The van der Waals surface area contributed by atoms with Gasteiger partial charge >= 0.3 is 5.97 Å². The van der Waals surface area contributed by atoms with Gasteiger partial charge in [-0.3, -0.25) is 9.59 Å². The van der Waals surface area contributed by atoms with Crippen LogP contribution in [0.5, 0.6) is 5.75 Å². The Bertz CT molecular complexity index is 1010. The molecule has 0 spiro atoms. The van der Waals surface area contributed by atoms with Gasteiger partial charge in [-0.2, -0.15) is 0 Å². The number of ether oxygens (including phenoxy) is 1. The van der Waals surface area contributed by atoms with Crippen molar-refractivity contribution in [3.8, 4) is 5.75 Å². The summed E-state index contributed by atoms with van der Waals surface area (Å²) in [7, 11) is 2.02. The Hall–Kier alpha value is -3.08. The van der Waals surface area contributed by atoms with Crippen LogP contribution in [0.15, 0.2) is 59.8 Å². The Morgan fingerprint density at radius 3 is 2.35 bits per heavy atom. The standard InChI is InChI=1S/C24H26N2O3.C2H6/c1-15(27)29-17-11-9-16(10-12-17)23-22-19(13-24(2,3)14-21(22)28)25-18-7-5-6-8-20(18)26(23)4;1-2/h5-12,23,25H,13-14H2,1-4H3;1-2H3. The molecule has 0 fully saturated rings. The molecule has 1 N–H and O–H groups in total. The van der Waals surface area contributed by atoms with E-state index >= 15 is 0 Å². The largest absolute Gasteiger partial charge is 0.427 e. The number of hydrogen-bond donors (Lipinski definition) is 1. The maximum atomic E-state index is 13.3. The summed E-state index contributed by atoms with van der Waals surface area (Å²) in [6, 6.07) is 15.4. The lowest BCUT2D eigenvalue weighted by molar-refractivity contribution is -0.131. The van der Waals surface area contributed by atoms with E-state index in [4.69, 9.17) is 4.74 Å². The number of benzene rings is 2. The van der Waals surface area contributed by atoms with Gasteiger partial charge in [-0.25, -0.2) is 0 Å². The number of nitrogens with zero attached hydrogens (tertiary/aromatic N) is 1. The highest BCUT2D eigenvalue weighted by Gasteiger charge is 2.40. The Balaban J connectivity index is 0.00000132. The molecule has 2 aliphatic rings. The van der Waals surface area contributed by atoms with E-state index in [-0.39, 0.29) is 23.2 Å². The van der Waals surface area contributed by atoms with Crippen LogP contribution in [0, 0.1) is 5.41 Å². The SMILES string of the molecule is CC.CC(=O)Oc1ccc(C2C3=C(CC(C)(C)CC3=O)Nc3ccccc3N2C)cc1. The summed E-state index contributed by atoms with van der Waals surface area (Å²) >= 11 is 0. The molecule has 0 aromatic heterocycles. The van der Waals surface area contributed by atoms with Crippen LogP contribution in [-0.4, -0.2) is 18.8 Å². The zero-order valence-corrected chi connectivity index (χ0v) is 19.3. The summed E-state index contributed by atoms with van der Waals surface area (Å²) < 4.78 is 5.18. The molecule has 0 bridgehead atoms. The Morgan fingerprint density at radius 1 is 1.06 bits per heavy atom. The van der Waals surface area contributed by atoms with Crippen molar-refractivity contribution in [3.05, 3.63) is 65.4 Å². The van der Waals surface area contributed by atoms with Gasteiger partial charge in [0.25, 0.3) is 0 Å². The lowest BCUT2D eigenvalue weighted by Gasteiger charge is -2.36. The highest BCUT2D eigenvalue weighted by Crippen LogP contribution is 2.47. The molecule has 0 saturated carbocycles. The monoisotopic (exact) mass is 420 g/mol. The number of anilines is 2. The summed E-state index contributed by atoms with van der Waals surface area (Å²) in [5.74, 6) is 0.330. The molecule has 0 radical (unpaired) electrons. The average Bonchev–Trinajstić information content (AvgIpc) is 2.83. The van der Waals surface area contributed by atoms with E-state index < -0.39 is 0 Å². The number of ketones is 1. The lowest BCUT2D eigenvalue weighted by atomic mass is 9.73. The quantitative estimate of drug-likeness (QED) is 0.485. The first-order valence-corrected chi connectivity index (χ1v) is 10.9. The number of esters is 1. The van der Waals surface area contributed by atoms with Crippen LogP contribution >= 0.6 is 0 Å². The maximum absolute atomic E-state index is 13.3. The van der Waals surface area contributed by atoms with Gasteiger partial charge in [0.1, 0.15) is 5.75 Å². The highest BCUT2D eigenvalue weighted by atomic mass is 16.5. The van der Waals surface area contributed by atoms with Crippen molar-refractivity contribution < 1.29 is 14.3 Å². The second kappa shape index (κ2) is 8.96. The van der Waals surface area contributed by atoms with Gasteiger partial charge in [0.05, 0.1) is 17.4 Å². The number of rotatable bonds is 2. The van der Waals surface area contributed by atoms with Gasteiger partial charge in [0, 0.05) is 31.7 Å². The van der Waals surface area contributed by atoms with E-state index in [2.05, 4.69) is 36.2 Å². The predicted octanol–water partition coefficient (Wildman–Crippen LogP) is 5.88. The van der Waals surface area contributed by atoms with E-state index in [0.29, 0.717) is 12.2 Å². The van der Waals surface area contributed by atoms with Crippen LogP contribution in [0.25, 0.3) is 0 Å². The van der Waals surface area contributed by atoms with Crippen molar-refractivity contribution in [3.63, 3.8) is 0 Å². The smallest absolute Gasteiger partial charge is 0.308 e. The fourth-order valence-corrected chi connectivity index (χ4v) is 4.42. The van der Waals surface area contributed by atoms with Crippen LogP contribution in [0.3, 0.4) is 0 Å². The first kappa shape index (κ1) is 22.6. The summed E-state index contributed by atoms with van der Waals surface area (Å²) in [5.41, 5.74) is 4.78. The molecule has 1 aliphatic carbocycles. The number of fused-ring (bicyclic) bond motifs is 1. The molecule has 5 heteroatoms. The molecule has 1 unspecified atom stereocenters. The highest BCUT2D eigenvalue weighted by molar-refractivity contribution is 6.01. The van der Waals surface area contributed by atoms with Gasteiger partial charge in [-0.15, -0.1) is 0 Å². The fourth-order valence-electron chi connectivity index (χ4n) is 4.42. The molecular formula is C26H32N2O3. The molecule has 0 amide bonds. The van der Waals surface area contributed by atoms with Crippen molar-refractivity contribution >= 4 is 23.1 Å². The minimum Gasteiger partial charge on any atom is -0.427 e. The number of allylic oxidation sites excluding steroid dienone is 1. The minimum absolute atomic E-state index is 0.0789. The third-order valence-corrected chi connectivity index (χ3v) is 5.61. The molecule has 1 aliphatic heterocycles. The summed E-state index contributed by atoms with van der Waals surface area (Å²) in [6.45, 7) is 9.66. The van der Waals surface area contributed by atoms with E-state index in [9.17, 15) is 9.59 Å². The van der Waals surface area contributed by atoms with E-state index in [1.165, 1.54) is 6.92 Å². The third-order valence-electron chi connectivity index (χ3n) is 5.61. The normalized spacial score (nSPS) is 19.2. The number of Topliss-reactive ketones (excluding diaryl/α,β-unsaturated/α-hetero) is 1. The number of nitrogens with one attached hydrogen (secondary N) is 1. The van der Waals surface area contributed by atoms with Crippen LogP contribution in [0.2, 0.25) is 0 Å². The van der Waals surface area contributed by atoms with E-state index in [0.717, 1.165) is 34.6 Å². The second-order valence-corrected chi connectivity index (χ2v) is 8.65. The van der Waals surface area contributed by atoms with Crippen LogP contribution in [0.1, 0.15) is 59.1 Å². The van der Waals surface area contributed by atoms with Crippen molar-refractivity contribution in [2.45, 2.75) is 53.5 Å². The molecule has 2 aromatic carbocycles. The lowest BCUT2D eigenvalue weighted by Crippen LogP contribution is -2.34. The third kappa shape index (κ3) is 4.66. The Morgan fingerprint density at radius 2 is 1.71 bits per heavy atom. The van der Waals surface area contributed by atoms with E-state index in [1.807, 2.05) is 45.2 Å².